The van der Waals surface area contributed by atoms with Gasteiger partial charge in [-0.2, -0.15) is 5.10 Å². The van der Waals surface area contributed by atoms with Crippen molar-refractivity contribution in [2.45, 2.75) is 13.5 Å². The summed E-state index contributed by atoms with van der Waals surface area (Å²) in [5.41, 5.74) is 1.69. The van der Waals surface area contributed by atoms with Gasteiger partial charge in [-0.3, -0.25) is 14.3 Å². The summed E-state index contributed by atoms with van der Waals surface area (Å²) in [6.07, 6.45) is 0. The van der Waals surface area contributed by atoms with E-state index in [4.69, 9.17) is 14.2 Å². The zero-order chi connectivity index (χ0) is 18.8. The number of carbonyl (C=O) groups excluding carboxylic acids is 2. The first-order valence-electron chi connectivity index (χ1n) is 8.71. The minimum absolute atomic E-state index is 0.0106. The van der Waals surface area contributed by atoms with Crippen molar-refractivity contribution in [2.24, 2.45) is 0 Å². The summed E-state index contributed by atoms with van der Waals surface area (Å²) in [4.78, 5) is 26.6. The van der Waals surface area contributed by atoms with E-state index in [0.717, 1.165) is 5.69 Å². The molecule has 0 radical (unpaired) electrons. The summed E-state index contributed by atoms with van der Waals surface area (Å²) in [6.45, 7) is 4.17. The van der Waals surface area contributed by atoms with Crippen LogP contribution in [0.5, 0.6) is 11.5 Å². The van der Waals surface area contributed by atoms with E-state index in [2.05, 4.69) is 10.4 Å². The number of hydrogen-bond acceptors (Lipinski definition) is 6. The second kappa shape index (κ2) is 7.28. The molecule has 27 heavy (non-hydrogen) atoms. The molecule has 1 saturated heterocycles. The normalized spacial score (nSPS) is 15.7. The summed E-state index contributed by atoms with van der Waals surface area (Å²) >= 11 is 0. The lowest BCUT2D eigenvalue weighted by Crippen LogP contribution is -2.40. The number of ether oxygens (including phenoxy) is 3. The Morgan fingerprint density at radius 1 is 1.15 bits per heavy atom. The summed E-state index contributed by atoms with van der Waals surface area (Å²) in [5.74, 6) is 0.866. The maximum atomic E-state index is 12.5. The van der Waals surface area contributed by atoms with Gasteiger partial charge in [0, 0.05) is 30.5 Å². The van der Waals surface area contributed by atoms with E-state index in [-0.39, 0.29) is 25.2 Å². The fourth-order valence-corrected chi connectivity index (χ4v) is 3.01. The number of morpholine rings is 1. The van der Waals surface area contributed by atoms with Crippen LogP contribution in [0.15, 0.2) is 24.3 Å². The molecule has 1 fully saturated rings. The van der Waals surface area contributed by atoms with Crippen LogP contribution in [0.1, 0.15) is 16.2 Å². The van der Waals surface area contributed by atoms with Crippen LogP contribution in [0.25, 0.3) is 0 Å². The van der Waals surface area contributed by atoms with Gasteiger partial charge in [-0.15, -0.1) is 0 Å². The van der Waals surface area contributed by atoms with Gasteiger partial charge in [0.2, 0.25) is 12.7 Å². The Labute approximate surface area is 155 Å². The first kappa shape index (κ1) is 17.3. The molecule has 1 aromatic carbocycles. The van der Waals surface area contributed by atoms with Crippen molar-refractivity contribution >= 4 is 17.5 Å². The summed E-state index contributed by atoms with van der Waals surface area (Å²) < 4.78 is 17.3. The number of hydrogen-bond donors (Lipinski definition) is 1. The molecular weight excluding hydrogens is 352 g/mol. The van der Waals surface area contributed by atoms with E-state index in [1.54, 1.807) is 29.2 Å². The smallest absolute Gasteiger partial charge is 0.274 e. The molecule has 2 aromatic rings. The lowest BCUT2D eigenvalue weighted by Gasteiger charge is -2.25. The number of amides is 2. The molecule has 0 spiro atoms. The fourth-order valence-electron chi connectivity index (χ4n) is 3.01. The lowest BCUT2D eigenvalue weighted by molar-refractivity contribution is -0.116. The number of nitrogens with one attached hydrogen (secondary N) is 1. The van der Waals surface area contributed by atoms with Gasteiger partial charge in [-0.1, -0.05) is 0 Å². The average Bonchev–Trinajstić information content (AvgIpc) is 3.28. The average molecular weight is 372 g/mol. The maximum Gasteiger partial charge on any atom is 0.274 e. The molecule has 2 aliphatic rings. The van der Waals surface area contributed by atoms with E-state index >= 15 is 0 Å². The number of fused-ring (bicyclic) bond motifs is 1. The van der Waals surface area contributed by atoms with Crippen LogP contribution in [0.3, 0.4) is 0 Å². The standard InChI is InChI=1S/C18H20N4O5/c1-12-8-14(18(24)21-4-6-25-7-5-21)20-22(12)10-17(23)19-13-2-3-15-16(9-13)27-11-26-15/h2-3,8-9H,4-7,10-11H2,1H3,(H,19,23). The largest absolute Gasteiger partial charge is 0.454 e. The van der Waals surface area contributed by atoms with Crippen molar-refractivity contribution in [3.63, 3.8) is 0 Å². The molecule has 3 heterocycles. The number of aromatic nitrogens is 2. The quantitative estimate of drug-likeness (QED) is 0.861. The molecule has 142 valence electrons. The molecule has 0 aliphatic carbocycles. The SMILES string of the molecule is Cc1cc(C(=O)N2CCOCC2)nn1CC(=O)Nc1ccc2c(c1)OCO2. The van der Waals surface area contributed by atoms with Crippen LogP contribution in [0, 0.1) is 6.92 Å². The first-order chi connectivity index (χ1) is 13.1. The first-order valence-corrected chi connectivity index (χ1v) is 8.71. The molecule has 1 aromatic heterocycles. The van der Waals surface area contributed by atoms with Gasteiger partial charge in [0.1, 0.15) is 6.54 Å². The van der Waals surface area contributed by atoms with Crippen LogP contribution >= 0.6 is 0 Å². The Kier molecular flexibility index (Phi) is 4.68. The summed E-state index contributed by atoms with van der Waals surface area (Å²) in [5, 5.41) is 7.11. The molecule has 0 unspecified atom stereocenters. The van der Waals surface area contributed by atoms with Gasteiger partial charge in [0.05, 0.1) is 13.2 Å². The van der Waals surface area contributed by atoms with Crippen molar-refractivity contribution in [2.75, 3.05) is 38.4 Å². The number of nitrogens with zero attached hydrogens (tertiary/aromatic N) is 3. The van der Waals surface area contributed by atoms with Crippen molar-refractivity contribution in [3.05, 3.63) is 35.7 Å². The zero-order valence-corrected chi connectivity index (χ0v) is 14.9. The Morgan fingerprint density at radius 3 is 2.74 bits per heavy atom. The predicted octanol–water partition coefficient (Wildman–Crippen LogP) is 1.03. The molecule has 0 atom stereocenters. The van der Waals surface area contributed by atoms with E-state index in [1.807, 2.05) is 6.92 Å². The second-order valence-electron chi connectivity index (χ2n) is 6.35. The van der Waals surface area contributed by atoms with Gasteiger partial charge >= 0.3 is 0 Å². The molecule has 9 heteroatoms. The minimum atomic E-state index is -0.245. The molecule has 2 amide bonds. The predicted molar refractivity (Wildman–Crippen MR) is 94.9 cm³/mol. The molecule has 0 bridgehead atoms. The Bertz CT molecular complexity index is 873. The molecule has 4 rings (SSSR count). The zero-order valence-electron chi connectivity index (χ0n) is 14.9. The van der Waals surface area contributed by atoms with Crippen LogP contribution in [-0.2, 0) is 16.1 Å². The van der Waals surface area contributed by atoms with Gasteiger partial charge in [-0.25, -0.2) is 0 Å². The van der Waals surface area contributed by atoms with E-state index < -0.39 is 0 Å². The van der Waals surface area contributed by atoms with Crippen molar-refractivity contribution < 1.29 is 23.8 Å². The molecule has 1 N–H and O–H groups in total. The lowest BCUT2D eigenvalue weighted by atomic mass is 10.3. The Balaban J connectivity index is 1.41. The van der Waals surface area contributed by atoms with Crippen LogP contribution in [-0.4, -0.2) is 59.6 Å². The molecular formula is C18H20N4O5. The highest BCUT2D eigenvalue weighted by molar-refractivity contribution is 5.93. The number of carbonyl (C=O) groups is 2. The third-order valence-electron chi connectivity index (χ3n) is 4.45. The number of rotatable bonds is 4. The van der Waals surface area contributed by atoms with Gasteiger partial charge < -0.3 is 24.4 Å². The van der Waals surface area contributed by atoms with Gasteiger partial charge in [0.25, 0.3) is 5.91 Å². The molecule has 9 nitrogen and oxygen atoms in total. The number of anilines is 1. The van der Waals surface area contributed by atoms with Gasteiger partial charge in [0.15, 0.2) is 17.2 Å². The Hall–Kier alpha value is -3.07. The van der Waals surface area contributed by atoms with Crippen molar-refractivity contribution in [1.29, 1.82) is 0 Å². The third-order valence-corrected chi connectivity index (χ3v) is 4.45. The van der Waals surface area contributed by atoms with E-state index in [0.29, 0.717) is 49.2 Å². The second-order valence-corrected chi connectivity index (χ2v) is 6.35. The highest BCUT2D eigenvalue weighted by Crippen LogP contribution is 2.34. The minimum Gasteiger partial charge on any atom is -0.454 e. The van der Waals surface area contributed by atoms with Crippen LogP contribution in [0.4, 0.5) is 5.69 Å². The topological polar surface area (TPSA) is 94.9 Å². The monoisotopic (exact) mass is 372 g/mol. The van der Waals surface area contributed by atoms with Crippen LogP contribution < -0.4 is 14.8 Å². The number of benzene rings is 1. The Morgan fingerprint density at radius 2 is 1.93 bits per heavy atom. The highest BCUT2D eigenvalue weighted by Gasteiger charge is 2.22. The fraction of sp³-hybridized carbons (Fsp3) is 0.389. The molecule has 0 saturated carbocycles. The van der Waals surface area contributed by atoms with Crippen molar-refractivity contribution in [3.8, 4) is 11.5 Å². The van der Waals surface area contributed by atoms with E-state index in [1.165, 1.54) is 4.68 Å². The van der Waals surface area contributed by atoms with E-state index in [9.17, 15) is 9.59 Å². The third kappa shape index (κ3) is 3.72. The summed E-state index contributed by atoms with van der Waals surface area (Å²) in [6, 6.07) is 6.90. The number of aryl methyl sites for hydroxylation is 1. The van der Waals surface area contributed by atoms with Crippen LogP contribution in [0.2, 0.25) is 0 Å². The summed E-state index contributed by atoms with van der Waals surface area (Å²) in [7, 11) is 0. The van der Waals surface area contributed by atoms with Gasteiger partial charge in [-0.05, 0) is 25.1 Å². The maximum absolute atomic E-state index is 12.5. The highest BCUT2D eigenvalue weighted by atomic mass is 16.7. The molecule has 2 aliphatic heterocycles. The van der Waals surface area contributed by atoms with Crippen molar-refractivity contribution in [1.82, 2.24) is 14.7 Å².